The number of hydrogen-bond acceptors (Lipinski definition) is 5. The van der Waals surface area contributed by atoms with Gasteiger partial charge in [-0.3, -0.25) is 13.9 Å². The van der Waals surface area contributed by atoms with Crippen molar-refractivity contribution < 1.29 is 0 Å². The molecule has 1 fully saturated rings. The summed E-state index contributed by atoms with van der Waals surface area (Å²) in [5, 5.41) is 3.35. The highest BCUT2D eigenvalue weighted by Crippen LogP contribution is 2.23. The third kappa shape index (κ3) is 1.98. The molecule has 0 radical (unpaired) electrons. The second-order valence-electron chi connectivity index (χ2n) is 6.11. The van der Waals surface area contributed by atoms with Gasteiger partial charge >= 0.3 is 5.69 Å². The Morgan fingerprint density at radius 2 is 1.90 bits per heavy atom. The van der Waals surface area contributed by atoms with Crippen LogP contribution in [0.1, 0.15) is 13.8 Å². The first kappa shape index (κ1) is 13.9. The van der Waals surface area contributed by atoms with Crippen LogP contribution in [-0.4, -0.2) is 44.3 Å². The van der Waals surface area contributed by atoms with Gasteiger partial charge in [0.25, 0.3) is 5.56 Å². The minimum atomic E-state index is -0.370. The first-order valence-electron chi connectivity index (χ1n) is 6.97. The van der Waals surface area contributed by atoms with E-state index in [1.54, 1.807) is 7.05 Å². The number of rotatable bonds is 1. The van der Waals surface area contributed by atoms with Crippen molar-refractivity contribution >= 4 is 17.1 Å². The predicted molar refractivity (Wildman–Crippen MR) is 80.9 cm³/mol. The van der Waals surface area contributed by atoms with Crippen molar-refractivity contribution in [1.82, 2.24) is 24.4 Å². The largest absolute Gasteiger partial charge is 0.335 e. The molecule has 21 heavy (non-hydrogen) atoms. The molecule has 0 aromatic carbocycles. The summed E-state index contributed by atoms with van der Waals surface area (Å²) in [6, 6.07) is 0. The van der Waals surface area contributed by atoms with E-state index in [2.05, 4.69) is 34.0 Å². The predicted octanol–water partition coefficient (Wildman–Crippen LogP) is -0.851. The molecule has 0 amide bonds. The molecule has 114 valence electrons. The number of imidazole rings is 1. The molecule has 1 aliphatic heterocycles. The van der Waals surface area contributed by atoms with Crippen molar-refractivity contribution in [2.45, 2.75) is 19.4 Å². The van der Waals surface area contributed by atoms with E-state index in [0.717, 1.165) is 24.2 Å². The van der Waals surface area contributed by atoms with E-state index in [1.807, 2.05) is 0 Å². The second kappa shape index (κ2) is 4.45. The first-order valence-corrected chi connectivity index (χ1v) is 6.97. The van der Waals surface area contributed by atoms with Crippen LogP contribution in [0, 0.1) is 0 Å². The zero-order chi connectivity index (χ0) is 15.4. The summed E-state index contributed by atoms with van der Waals surface area (Å²) in [6.45, 7) is 6.71. The maximum absolute atomic E-state index is 12.2. The van der Waals surface area contributed by atoms with Crippen LogP contribution < -0.4 is 21.5 Å². The van der Waals surface area contributed by atoms with Gasteiger partial charge in [-0.1, -0.05) is 0 Å². The third-order valence-corrected chi connectivity index (χ3v) is 4.14. The highest BCUT2D eigenvalue weighted by atomic mass is 16.2. The monoisotopic (exact) mass is 292 g/mol. The minimum Gasteiger partial charge on any atom is -0.335 e. The molecule has 3 heterocycles. The van der Waals surface area contributed by atoms with Gasteiger partial charge in [0, 0.05) is 39.3 Å². The maximum atomic E-state index is 12.2. The number of anilines is 1. The highest BCUT2D eigenvalue weighted by Gasteiger charge is 2.32. The van der Waals surface area contributed by atoms with Gasteiger partial charge in [-0.05, 0) is 13.8 Å². The molecule has 8 nitrogen and oxygen atoms in total. The molecule has 0 saturated carbocycles. The zero-order valence-corrected chi connectivity index (χ0v) is 12.7. The first-order chi connectivity index (χ1) is 9.83. The van der Waals surface area contributed by atoms with Crippen LogP contribution in [0.5, 0.6) is 0 Å². The Hall–Kier alpha value is -2.09. The van der Waals surface area contributed by atoms with E-state index in [-0.39, 0.29) is 16.8 Å². The summed E-state index contributed by atoms with van der Waals surface area (Å²) in [4.78, 5) is 33.9. The van der Waals surface area contributed by atoms with Gasteiger partial charge in [-0.15, -0.1) is 0 Å². The van der Waals surface area contributed by atoms with Gasteiger partial charge in [0.1, 0.15) is 0 Å². The number of piperazine rings is 1. The fourth-order valence-corrected chi connectivity index (χ4v) is 2.82. The average Bonchev–Trinajstić information content (AvgIpc) is 2.87. The Morgan fingerprint density at radius 3 is 2.57 bits per heavy atom. The lowest BCUT2D eigenvalue weighted by Crippen LogP contribution is -2.58. The standard InChI is InChI=1S/C13H20N6O2/c1-13(2)7-14-5-6-19(13)11-15-8-9(16-11)17(3)12(21)18(4)10(8)20/h14H,5-7H2,1-4H3,(H,15,16). The van der Waals surface area contributed by atoms with E-state index >= 15 is 0 Å². The lowest BCUT2D eigenvalue weighted by atomic mass is 10.0. The second-order valence-corrected chi connectivity index (χ2v) is 6.11. The van der Waals surface area contributed by atoms with Crippen molar-refractivity contribution in [1.29, 1.82) is 0 Å². The summed E-state index contributed by atoms with van der Waals surface area (Å²) >= 11 is 0. The summed E-state index contributed by atoms with van der Waals surface area (Å²) in [5.41, 5.74) is -0.0720. The molecular formula is C13H20N6O2. The van der Waals surface area contributed by atoms with E-state index in [0.29, 0.717) is 17.1 Å². The van der Waals surface area contributed by atoms with Gasteiger partial charge in [-0.25, -0.2) is 4.79 Å². The smallest absolute Gasteiger partial charge is 0.332 e. The van der Waals surface area contributed by atoms with Crippen LogP contribution in [0.25, 0.3) is 11.2 Å². The Balaban J connectivity index is 2.23. The lowest BCUT2D eigenvalue weighted by Gasteiger charge is -2.42. The van der Waals surface area contributed by atoms with Gasteiger partial charge in [0.2, 0.25) is 5.95 Å². The molecule has 2 aromatic heterocycles. The lowest BCUT2D eigenvalue weighted by molar-refractivity contribution is 0.376. The quantitative estimate of drug-likeness (QED) is 0.715. The molecule has 8 heteroatoms. The van der Waals surface area contributed by atoms with Crippen molar-refractivity contribution in [3.8, 4) is 0 Å². The van der Waals surface area contributed by atoms with Crippen molar-refractivity contribution in [2.24, 2.45) is 14.1 Å². The van der Waals surface area contributed by atoms with E-state index < -0.39 is 0 Å². The molecule has 0 aliphatic carbocycles. The third-order valence-electron chi connectivity index (χ3n) is 4.14. The minimum absolute atomic E-state index is 0.115. The van der Waals surface area contributed by atoms with Crippen molar-refractivity contribution in [3.63, 3.8) is 0 Å². The Labute approximate surface area is 121 Å². The van der Waals surface area contributed by atoms with Crippen LogP contribution in [0.15, 0.2) is 9.59 Å². The number of aromatic amines is 1. The number of nitrogens with zero attached hydrogens (tertiary/aromatic N) is 4. The number of aryl methyl sites for hydroxylation is 1. The number of H-pyrrole nitrogens is 1. The van der Waals surface area contributed by atoms with Crippen LogP contribution in [0.4, 0.5) is 5.95 Å². The summed E-state index contributed by atoms with van der Waals surface area (Å²) in [5.74, 6) is 0.634. The normalized spacial score (nSPS) is 18.4. The van der Waals surface area contributed by atoms with Crippen molar-refractivity contribution in [2.75, 3.05) is 24.5 Å². The average molecular weight is 292 g/mol. The molecule has 0 bridgehead atoms. The SMILES string of the molecule is Cn1c(=O)c2[nH]c(N3CCNCC3(C)C)nc2n(C)c1=O. The van der Waals surface area contributed by atoms with Gasteiger partial charge in [0.05, 0.1) is 0 Å². The highest BCUT2D eigenvalue weighted by molar-refractivity contribution is 5.73. The number of hydrogen-bond donors (Lipinski definition) is 2. The summed E-state index contributed by atoms with van der Waals surface area (Å²) < 4.78 is 2.49. The van der Waals surface area contributed by atoms with Gasteiger partial charge in [0.15, 0.2) is 11.2 Å². The molecule has 0 spiro atoms. The van der Waals surface area contributed by atoms with E-state index in [1.165, 1.54) is 11.6 Å². The maximum Gasteiger partial charge on any atom is 0.332 e. The number of fused-ring (bicyclic) bond motifs is 1. The van der Waals surface area contributed by atoms with Crippen LogP contribution in [-0.2, 0) is 14.1 Å². The zero-order valence-electron chi connectivity index (χ0n) is 12.7. The molecule has 0 atom stereocenters. The van der Waals surface area contributed by atoms with Gasteiger partial charge < -0.3 is 15.2 Å². The van der Waals surface area contributed by atoms with Gasteiger partial charge in [-0.2, -0.15) is 4.98 Å². The van der Waals surface area contributed by atoms with Crippen LogP contribution >= 0.6 is 0 Å². The molecule has 2 N–H and O–H groups in total. The van der Waals surface area contributed by atoms with Crippen molar-refractivity contribution in [3.05, 3.63) is 20.8 Å². The molecule has 1 saturated heterocycles. The van der Waals surface area contributed by atoms with E-state index in [4.69, 9.17) is 0 Å². The fraction of sp³-hybridized carbons (Fsp3) is 0.615. The number of aromatic nitrogens is 4. The molecule has 2 aromatic rings. The molecular weight excluding hydrogens is 272 g/mol. The molecule has 3 rings (SSSR count). The summed E-state index contributed by atoms with van der Waals surface area (Å²) in [7, 11) is 3.09. The summed E-state index contributed by atoms with van der Waals surface area (Å²) in [6.07, 6.45) is 0. The molecule has 1 aliphatic rings. The Kier molecular flexibility index (Phi) is 2.94. The van der Waals surface area contributed by atoms with Crippen LogP contribution in [0.3, 0.4) is 0 Å². The Morgan fingerprint density at radius 1 is 1.19 bits per heavy atom. The fourth-order valence-electron chi connectivity index (χ4n) is 2.82. The van der Waals surface area contributed by atoms with Crippen LogP contribution in [0.2, 0.25) is 0 Å². The Bertz CT molecular complexity index is 812. The topological polar surface area (TPSA) is 87.9 Å². The van der Waals surface area contributed by atoms with E-state index in [9.17, 15) is 9.59 Å². The number of nitrogens with one attached hydrogen (secondary N) is 2. The molecule has 0 unspecified atom stereocenters.